The monoisotopic (exact) mass is 185 g/mol. The molecule has 0 radical (unpaired) electrons. The fourth-order valence-electron chi connectivity index (χ4n) is 2.14. The average Bonchev–Trinajstić information content (AvgIpc) is 2.44. The molecule has 1 fully saturated rings. The van der Waals surface area contributed by atoms with Crippen LogP contribution in [0.25, 0.3) is 0 Å². The van der Waals surface area contributed by atoms with Crippen molar-refractivity contribution in [2.24, 2.45) is 5.41 Å². The molecule has 0 saturated carbocycles. The highest BCUT2D eigenvalue weighted by Crippen LogP contribution is 2.37. The highest BCUT2D eigenvalue weighted by Gasteiger charge is 2.43. The predicted octanol–water partition coefficient (Wildman–Crippen LogP) is 1.06. The van der Waals surface area contributed by atoms with Crippen LogP contribution in [0.3, 0.4) is 0 Å². The number of carbonyl (C=O) groups is 1. The Morgan fingerprint density at radius 3 is 2.54 bits per heavy atom. The van der Waals surface area contributed by atoms with Crippen molar-refractivity contribution in [1.82, 2.24) is 5.32 Å². The van der Waals surface area contributed by atoms with Crippen molar-refractivity contribution in [3.63, 3.8) is 0 Å². The van der Waals surface area contributed by atoms with Gasteiger partial charge in [-0.1, -0.05) is 13.8 Å². The quantitative estimate of drug-likeness (QED) is 0.688. The molecule has 1 aliphatic rings. The minimum Gasteiger partial charge on any atom is -0.396 e. The Morgan fingerprint density at radius 1 is 1.54 bits per heavy atom. The van der Waals surface area contributed by atoms with E-state index in [1.54, 1.807) is 0 Å². The number of carbonyl (C=O) groups excluding carboxylic acids is 1. The SMILES string of the molecule is CCC1(CC)CC(CCO)NC1=O. The van der Waals surface area contributed by atoms with Gasteiger partial charge in [0.2, 0.25) is 5.91 Å². The summed E-state index contributed by atoms with van der Waals surface area (Å²) < 4.78 is 0. The van der Waals surface area contributed by atoms with Crippen LogP contribution >= 0.6 is 0 Å². The summed E-state index contributed by atoms with van der Waals surface area (Å²) in [6.07, 6.45) is 3.38. The van der Waals surface area contributed by atoms with Gasteiger partial charge in [-0.2, -0.15) is 0 Å². The van der Waals surface area contributed by atoms with E-state index in [1.165, 1.54) is 0 Å². The summed E-state index contributed by atoms with van der Waals surface area (Å²) in [5.41, 5.74) is -0.153. The molecule has 76 valence electrons. The molecule has 1 aliphatic heterocycles. The molecule has 0 aliphatic carbocycles. The molecule has 0 aromatic heterocycles. The van der Waals surface area contributed by atoms with Gasteiger partial charge < -0.3 is 10.4 Å². The molecule has 1 heterocycles. The minimum absolute atomic E-state index is 0.153. The Bertz CT molecular complexity index is 187. The number of hydrogen-bond acceptors (Lipinski definition) is 2. The van der Waals surface area contributed by atoms with E-state index in [1.807, 2.05) is 0 Å². The molecule has 13 heavy (non-hydrogen) atoms. The van der Waals surface area contributed by atoms with Crippen molar-refractivity contribution >= 4 is 5.91 Å². The summed E-state index contributed by atoms with van der Waals surface area (Å²) in [4.78, 5) is 11.7. The Hall–Kier alpha value is -0.570. The van der Waals surface area contributed by atoms with Crippen LogP contribution in [0.15, 0.2) is 0 Å². The lowest BCUT2D eigenvalue weighted by Crippen LogP contribution is -2.31. The molecule has 1 unspecified atom stereocenters. The van der Waals surface area contributed by atoms with Gasteiger partial charge in [-0.05, 0) is 25.7 Å². The Kier molecular flexibility index (Phi) is 3.31. The molecular weight excluding hydrogens is 166 g/mol. The van der Waals surface area contributed by atoms with Gasteiger partial charge in [0, 0.05) is 12.6 Å². The van der Waals surface area contributed by atoms with Crippen molar-refractivity contribution in [3.05, 3.63) is 0 Å². The van der Waals surface area contributed by atoms with Gasteiger partial charge in [-0.3, -0.25) is 4.79 Å². The molecule has 3 heteroatoms. The van der Waals surface area contributed by atoms with Crippen LogP contribution in [0, 0.1) is 5.41 Å². The number of aliphatic hydroxyl groups excluding tert-OH is 1. The third-order valence-electron chi connectivity index (χ3n) is 3.29. The van der Waals surface area contributed by atoms with E-state index in [2.05, 4.69) is 19.2 Å². The van der Waals surface area contributed by atoms with E-state index in [4.69, 9.17) is 5.11 Å². The maximum Gasteiger partial charge on any atom is 0.226 e. The van der Waals surface area contributed by atoms with Gasteiger partial charge in [-0.25, -0.2) is 0 Å². The van der Waals surface area contributed by atoms with Crippen molar-refractivity contribution < 1.29 is 9.90 Å². The van der Waals surface area contributed by atoms with Crippen LogP contribution in [0.2, 0.25) is 0 Å². The second kappa shape index (κ2) is 4.09. The van der Waals surface area contributed by atoms with Crippen LogP contribution in [-0.4, -0.2) is 23.7 Å². The van der Waals surface area contributed by atoms with Crippen LogP contribution in [0.1, 0.15) is 39.5 Å². The third-order valence-corrected chi connectivity index (χ3v) is 3.29. The molecule has 0 aromatic rings. The molecule has 3 nitrogen and oxygen atoms in total. The lowest BCUT2D eigenvalue weighted by molar-refractivity contribution is -0.128. The summed E-state index contributed by atoms with van der Waals surface area (Å²) in [5, 5.41) is 11.7. The van der Waals surface area contributed by atoms with E-state index in [0.717, 1.165) is 19.3 Å². The average molecular weight is 185 g/mol. The molecule has 1 saturated heterocycles. The number of hydrogen-bond donors (Lipinski definition) is 2. The Labute approximate surface area is 79.5 Å². The zero-order chi connectivity index (χ0) is 9.90. The fraction of sp³-hybridized carbons (Fsp3) is 0.900. The number of rotatable bonds is 4. The highest BCUT2D eigenvalue weighted by molar-refractivity contribution is 5.85. The van der Waals surface area contributed by atoms with Crippen LogP contribution in [-0.2, 0) is 4.79 Å². The number of aliphatic hydroxyl groups is 1. The molecule has 1 amide bonds. The molecular formula is C10H19NO2. The Balaban J connectivity index is 2.63. The normalized spacial score (nSPS) is 26.1. The van der Waals surface area contributed by atoms with E-state index in [-0.39, 0.29) is 24.0 Å². The van der Waals surface area contributed by atoms with Crippen molar-refractivity contribution in [2.75, 3.05) is 6.61 Å². The standard InChI is InChI=1S/C10H19NO2/c1-3-10(4-2)7-8(5-6-12)11-9(10)13/h8,12H,3-7H2,1-2H3,(H,11,13). The van der Waals surface area contributed by atoms with E-state index >= 15 is 0 Å². The zero-order valence-corrected chi connectivity index (χ0v) is 8.47. The van der Waals surface area contributed by atoms with E-state index in [0.29, 0.717) is 6.42 Å². The lowest BCUT2D eigenvalue weighted by Gasteiger charge is -2.22. The van der Waals surface area contributed by atoms with E-state index < -0.39 is 0 Å². The van der Waals surface area contributed by atoms with Crippen molar-refractivity contribution in [2.45, 2.75) is 45.6 Å². The predicted molar refractivity (Wildman–Crippen MR) is 51.3 cm³/mol. The molecule has 1 rings (SSSR count). The van der Waals surface area contributed by atoms with Gasteiger partial charge in [-0.15, -0.1) is 0 Å². The maximum absolute atomic E-state index is 11.7. The smallest absolute Gasteiger partial charge is 0.226 e. The first kappa shape index (κ1) is 10.5. The summed E-state index contributed by atoms with van der Waals surface area (Å²) >= 11 is 0. The van der Waals surface area contributed by atoms with Crippen LogP contribution in [0.5, 0.6) is 0 Å². The van der Waals surface area contributed by atoms with Gasteiger partial charge >= 0.3 is 0 Å². The van der Waals surface area contributed by atoms with E-state index in [9.17, 15) is 4.79 Å². The van der Waals surface area contributed by atoms with Crippen LogP contribution < -0.4 is 5.32 Å². The van der Waals surface area contributed by atoms with Gasteiger partial charge in [0.05, 0.1) is 5.41 Å². The van der Waals surface area contributed by atoms with Gasteiger partial charge in [0.15, 0.2) is 0 Å². The first-order valence-corrected chi connectivity index (χ1v) is 5.10. The summed E-state index contributed by atoms with van der Waals surface area (Å²) in [5.74, 6) is 0.177. The summed E-state index contributed by atoms with van der Waals surface area (Å²) in [6, 6.07) is 0.192. The topological polar surface area (TPSA) is 49.3 Å². The number of nitrogens with one attached hydrogen (secondary N) is 1. The molecule has 0 spiro atoms. The molecule has 1 atom stereocenters. The molecule has 2 N–H and O–H groups in total. The van der Waals surface area contributed by atoms with Gasteiger partial charge in [0.25, 0.3) is 0 Å². The zero-order valence-electron chi connectivity index (χ0n) is 8.47. The first-order chi connectivity index (χ1) is 6.18. The van der Waals surface area contributed by atoms with Crippen molar-refractivity contribution in [1.29, 1.82) is 0 Å². The second-order valence-electron chi connectivity index (χ2n) is 3.87. The second-order valence-corrected chi connectivity index (χ2v) is 3.87. The fourth-order valence-corrected chi connectivity index (χ4v) is 2.14. The summed E-state index contributed by atoms with van der Waals surface area (Å²) in [6.45, 7) is 4.28. The highest BCUT2D eigenvalue weighted by atomic mass is 16.3. The largest absolute Gasteiger partial charge is 0.396 e. The molecule has 0 bridgehead atoms. The first-order valence-electron chi connectivity index (χ1n) is 5.10. The minimum atomic E-state index is -0.153. The molecule has 0 aromatic carbocycles. The van der Waals surface area contributed by atoms with Gasteiger partial charge in [0.1, 0.15) is 0 Å². The number of amides is 1. The maximum atomic E-state index is 11.7. The lowest BCUT2D eigenvalue weighted by atomic mass is 9.79. The third kappa shape index (κ3) is 1.85. The van der Waals surface area contributed by atoms with Crippen LogP contribution in [0.4, 0.5) is 0 Å². The van der Waals surface area contributed by atoms with Crippen molar-refractivity contribution in [3.8, 4) is 0 Å². The summed E-state index contributed by atoms with van der Waals surface area (Å²) in [7, 11) is 0. The Morgan fingerprint density at radius 2 is 2.15 bits per heavy atom.